The summed E-state index contributed by atoms with van der Waals surface area (Å²) in [6.07, 6.45) is 2.24. The Morgan fingerprint density at radius 2 is 2.19 bits per heavy atom. The van der Waals surface area contributed by atoms with Gasteiger partial charge in [-0.3, -0.25) is 4.79 Å². The summed E-state index contributed by atoms with van der Waals surface area (Å²) in [7, 11) is 0. The van der Waals surface area contributed by atoms with Crippen LogP contribution in [0, 0.1) is 6.92 Å². The molecule has 1 aromatic rings. The van der Waals surface area contributed by atoms with Gasteiger partial charge >= 0.3 is 0 Å². The summed E-state index contributed by atoms with van der Waals surface area (Å²) in [4.78, 5) is 11.6. The second-order valence-corrected chi connectivity index (χ2v) is 4.84. The zero-order valence-electron chi connectivity index (χ0n) is 9.22. The van der Waals surface area contributed by atoms with Crippen LogP contribution in [0.15, 0.2) is 22.7 Å². The van der Waals surface area contributed by atoms with Crippen LogP contribution < -0.4 is 5.32 Å². The van der Waals surface area contributed by atoms with Crippen LogP contribution in [0.4, 0.5) is 5.69 Å². The van der Waals surface area contributed by atoms with E-state index in [-0.39, 0.29) is 5.91 Å². The molecule has 0 bridgehead atoms. The SMILES string of the molecule is Cc1c(Br)cccc1NC(=O)CCCCCl. The summed E-state index contributed by atoms with van der Waals surface area (Å²) in [6.45, 7) is 1.97. The standard InChI is InChI=1S/C12H15BrClNO/c1-9-10(13)5-4-6-11(9)15-12(16)7-2-3-8-14/h4-6H,2-3,7-8H2,1H3,(H,15,16). The van der Waals surface area contributed by atoms with Crippen molar-refractivity contribution in [3.63, 3.8) is 0 Å². The molecule has 1 aromatic carbocycles. The molecule has 0 radical (unpaired) electrons. The van der Waals surface area contributed by atoms with Crippen molar-refractivity contribution in [3.8, 4) is 0 Å². The fourth-order valence-electron chi connectivity index (χ4n) is 1.34. The van der Waals surface area contributed by atoms with Gasteiger partial charge < -0.3 is 5.32 Å². The van der Waals surface area contributed by atoms with E-state index in [0.29, 0.717) is 12.3 Å². The molecule has 0 aliphatic heterocycles. The third-order valence-electron chi connectivity index (χ3n) is 2.33. The lowest BCUT2D eigenvalue weighted by Crippen LogP contribution is -2.12. The van der Waals surface area contributed by atoms with Crippen LogP contribution in [0.5, 0.6) is 0 Å². The van der Waals surface area contributed by atoms with Gasteiger partial charge in [0.05, 0.1) is 0 Å². The van der Waals surface area contributed by atoms with E-state index in [1.165, 1.54) is 0 Å². The minimum Gasteiger partial charge on any atom is -0.326 e. The second kappa shape index (κ2) is 6.92. The first kappa shape index (κ1) is 13.5. The van der Waals surface area contributed by atoms with Crippen molar-refractivity contribution in [2.75, 3.05) is 11.2 Å². The zero-order valence-corrected chi connectivity index (χ0v) is 11.6. The van der Waals surface area contributed by atoms with E-state index < -0.39 is 0 Å². The summed E-state index contributed by atoms with van der Waals surface area (Å²) in [5, 5.41) is 2.90. The number of nitrogens with one attached hydrogen (secondary N) is 1. The van der Waals surface area contributed by atoms with Crippen LogP contribution in [0.2, 0.25) is 0 Å². The van der Waals surface area contributed by atoms with Crippen LogP contribution in [-0.4, -0.2) is 11.8 Å². The first-order valence-corrected chi connectivity index (χ1v) is 6.59. The van der Waals surface area contributed by atoms with Gasteiger partial charge in [-0.15, -0.1) is 11.6 Å². The largest absolute Gasteiger partial charge is 0.326 e. The Morgan fingerprint density at radius 1 is 1.44 bits per heavy atom. The quantitative estimate of drug-likeness (QED) is 0.644. The average Bonchev–Trinajstić information content (AvgIpc) is 2.25. The highest BCUT2D eigenvalue weighted by Gasteiger charge is 2.05. The lowest BCUT2D eigenvalue weighted by molar-refractivity contribution is -0.116. The van der Waals surface area contributed by atoms with E-state index >= 15 is 0 Å². The van der Waals surface area contributed by atoms with E-state index in [1.54, 1.807) is 0 Å². The predicted octanol–water partition coefficient (Wildman–Crippen LogP) is 4.11. The number of carbonyl (C=O) groups is 1. The van der Waals surface area contributed by atoms with E-state index in [2.05, 4.69) is 21.2 Å². The lowest BCUT2D eigenvalue weighted by Gasteiger charge is -2.09. The first-order valence-electron chi connectivity index (χ1n) is 5.26. The molecule has 2 nitrogen and oxygen atoms in total. The number of alkyl halides is 1. The zero-order chi connectivity index (χ0) is 12.0. The van der Waals surface area contributed by atoms with Gasteiger partial charge in [0.2, 0.25) is 5.91 Å². The summed E-state index contributed by atoms with van der Waals surface area (Å²) in [5.41, 5.74) is 1.92. The van der Waals surface area contributed by atoms with Crippen molar-refractivity contribution < 1.29 is 4.79 Å². The van der Waals surface area contributed by atoms with Crippen molar-refractivity contribution in [1.29, 1.82) is 0 Å². The van der Waals surface area contributed by atoms with Crippen LogP contribution in [-0.2, 0) is 4.79 Å². The van der Waals surface area contributed by atoms with Crippen molar-refractivity contribution in [2.24, 2.45) is 0 Å². The van der Waals surface area contributed by atoms with Gasteiger partial charge in [-0.05, 0) is 37.5 Å². The Kier molecular flexibility index (Phi) is 5.85. The molecular weight excluding hydrogens is 289 g/mol. The third-order valence-corrected chi connectivity index (χ3v) is 3.46. The second-order valence-electron chi connectivity index (χ2n) is 3.61. The maximum atomic E-state index is 11.6. The minimum absolute atomic E-state index is 0.0475. The van der Waals surface area contributed by atoms with Gasteiger partial charge in [0, 0.05) is 22.5 Å². The molecule has 16 heavy (non-hydrogen) atoms. The monoisotopic (exact) mass is 303 g/mol. The molecule has 0 heterocycles. The van der Waals surface area contributed by atoms with Crippen LogP contribution >= 0.6 is 27.5 Å². The number of carbonyl (C=O) groups excluding carboxylic acids is 1. The molecule has 1 rings (SSSR count). The molecule has 0 fully saturated rings. The Bertz CT molecular complexity index is 368. The number of unbranched alkanes of at least 4 members (excludes halogenated alkanes) is 1. The van der Waals surface area contributed by atoms with Crippen molar-refractivity contribution in [1.82, 2.24) is 0 Å². The van der Waals surface area contributed by atoms with E-state index in [4.69, 9.17) is 11.6 Å². The lowest BCUT2D eigenvalue weighted by atomic mass is 10.2. The minimum atomic E-state index is 0.0475. The smallest absolute Gasteiger partial charge is 0.224 e. The van der Waals surface area contributed by atoms with E-state index in [9.17, 15) is 4.79 Å². The third kappa shape index (κ3) is 4.14. The summed E-state index contributed by atoms with van der Waals surface area (Å²) in [6, 6.07) is 5.77. The maximum Gasteiger partial charge on any atom is 0.224 e. The van der Waals surface area contributed by atoms with Gasteiger partial charge in [-0.2, -0.15) is 0 Å². The van der Waals surface area contributed by atoms with Gasteiger partial charge in [0.25, 0.3) is 0 Å². The Labute approximate surface area is 110 Å². The van der Waals surface area contributed by atoms with E-state index in [1.807, 2.05) is 25.1 Å². The van der Waals surface area contributed by atoms with Crippen LogP contribution in [0.25, 0.3) is 0 Å². The van der Waals surface area contributed by atoms with Crippen molar-refractivity contribution >= 4 is 39.1 Å². The number of benzene rings is 1. The normalized spacial score (nSPS) is 10.2. The molecule has 4 heteroatoms. The highest BCUT2D eigenvalue weighted by molar-refractivity contribution is 9.10. The molecule has 0 aliphatic rings. The highest BCUT2D eigenvalue weighted by atomic mass is 79.9. The fourth-order valence-corrected chi connectivity index (χ4v) is 1.89. The maximum absolute atomic E-state index is 11.6. The van der Waals surface area contributed by atoms with Crippen molar-refractivity contribution in [2.45, 2.75) is 26.2 Å². The first-order chi connectivity index (χ1) is 7.65. The number of rotatable bonds is 5. The molecule has 0 saturated carbocycles. The van der Waals surface area contributed by atoms with E-state index in [0.717, 1.165) is 28.6 Å². The number of amides is 1. The molecule has 1 amide bonds. The molecule has 0 spiro atoms. The fraction of sp³-hybridized carbons (Fsp3) is 0.417. The molecule has 0 atom stereocenters. The Balaban J connectivity index is 2.53. The summed E-state index contributed by atoms with van der Waals surface area (Å²) >= 11 is 8.98. The Morgan fingerprint density at radius 3 is 2.88 bits per heavy atom. The summed E-state index contributed by atoms with van der Waals surface area (Å²) < 4.78 is 1.01. The molecule has 0 aromatic heterocycles. The number of hydrogen-bond acceptors (Lipinski definition) is 1. The molecular formula is C12H15BrClNO. The van der Waals surface area contributed by atoms with Gasteiger partial charge in [-0.1, -0.05) is 22.0 Å². The molecule has 0 aliphatic carbocycles. The predicted molar refractivity (Wildman–Crippen MR) is 72.1 cm³/mol. The molecule has 1 N–H and O–H groups in total. The highest BCUT2D eigenvalue weighted by Crippen LogP contribution is 2.23. The van der Waals surface area contributed by atoms with Crippen molar-refractivity contribution in [3.05, 3.63) is 28.2 Å². The Hall–Kier alpha value is -0.540. The number of halogens is 2. The van der Waals surface area contributed by atoms with Crippen LogP contribution in [0.3, 0.4) is 0 Å². The van der Waals surface area contributed by atoms with Gasteiger partial charge in [0.1, 0.15) is 0 Å². The molecule has 0 saturated heterocycles. The van der Waals surface area contributed by atoms with Crippen LogP contribution in [0.1, 0.15) is 24.8 Å². The van der Waals surface area contributed by atoms with Gasteiger partial charge in [0.15, 0.2) is 0 Å². The number of hydrogen-bond donors (Lipinski definition) is 1. The average molecular weight is 305 g/mol. The van der Waals surface area contributed by atoms with Gasteiger partial charge in [-0.25, -0.2) is 0 Å². The number of anilines is 1. The molecule has 0 unspecified atom stereocenters. The summed E-state index contributed by atoms with van der Waals surface area (Å²) in [5.74, 6) is 0.662. The molecule has 88 valence electrons. The topological polar surface area (TPSA) is 29.1 Å².